The summed E-state index contributed by atoms with van der Waals surface area (Å²) < 4.78 is 0. The average molecular weight is 231 g/mol. The molecular formula is C13H17N3O. The van der Waals surface area contributed by atoms with Crippen molar-refractivity contribution in [2.24, 2.45) is 5.73 Å². The number of nitrogens with two attached hydrogens (primary N) is 1. The van der Waals surface area contributed by atoms with E-state index in [1.807, 2.05) is 19.9 Å². The molecule has 0 aliphatic heterocycles. The molecule has 17 heavy (non-hydrogen) atoms. The van der Waals surface area contributed by atoms with Crippen molar-refractivity contribution in [2.45, 2.75) is 32.7 Å². The number of benzene rings is 1. The van der Waals surface area contributed by atoms with Gasteiger partial charge in [0.25, 0.3) is 0 Å². The van der Waals surface area contributed by atoms with Gasteiger partial charge < -0.3 is 11.1 Å². The Morgan fingerprint density at radius 2 is 2.29 bits per heavy atom. The molecule has 1 aromatic carbocycles. The smallest absolute Gasteiger partial charge is 0.241 e. The summed E-state index contributed by atoms with van der Waals surface area (Å²) in [5, 5.41) is 11.7. The number of rotatable bonds is 4. The number of aryl methyl sites for hydroxylation is 1. The third kappa shape index (κ3) is 3.30. The molecule has 0 aliphatic carbocycles. The van der Waals surface area contributed by atoms with Crippen LogP contribution < -0.4 is 11.1 Å². The second kappa shape index (κ2) is 6.02. The number of hydrogen-bond donors (Lipinski definition) is 2. The van der Waals surface area contributed by atoms with Gasteiger partial charge in [-0.25, -0.2) is 0 Å². The molecular weight excluding hydrogens is 214 g/mol. The molecule has 3 N–H and O–H groups in total. The highest BCUT2D eigenvalue weighted by molar-refractivity contribution is 5.95. The summed E-state index contributed by atoms with van der Waals surface area (Å²) in [7, 11) is 0. The summed E-state index contributed by atoms with van der Waals surface area (Å²) in [6.07, 6.45) is 1.49. The maximum Gasteiger partial charge on any atom is 0.241 e. The molecule has 0 spiro atoms. The van der Waals surface area contributed by atoms with Crippen molar-refractivity contribution < 1.29 is 4.79 Å². The normalized spacial score (nSPS) is 11.6. The van der Waals surface area contributed by atoms with Gasteiger partial charge in [0.2, 0.25) is 5.91 Å². The van der Waals surface area contributed by atoms with Gasteiger partial charge in [0.15, 0.2) is 0 Å². The Kier molecular flexibility index (Phi) is 4.68. The quantitative estimate of drug-likeness (QED) is 0.831. The molecule has 0 saturated carbocycles. The van der Waals surface area contributed by atoms with Crippen LogP contribution in [0.3, 0.4) is 0 Å². The number of nitrogens with zero attached hydrogens (tertiary/aromatic N) is 1. The first-order valence-corrected chi connectivity index (χ1v) is 5.66. The predicted octanol–water partition coefficient (Wildman–Crippen LogP) is 1.93. The van der Waals surface area contributed by atoms with Crippen molar-refractivity contribution in [1.29, 1.82) is 5.26 Å². The Hall–Kier alpha value is -1.86. The van der Waals surface area contributed by atoms with E-state index in [1.54, 1.807) is 12.1 Å². The molecule has 0 heterocycles. The number of anilines is 1. The maximum absolute atomic E-state index is 11.7. The zero-order valence-corrected chi connectivity index (χ0v) is 10.2. The van der Waals surface area contributed by atoms with E-state index in [0.717, 1.165) is 12.0 Å². The maximum atomic E-state index is 11.7. The highest BCUT2D eigenvalue weighted by Gasteiger charge is 2.14. The van der Waals surface area contributed by atoms with Gasteiger partial charge in [0.05, 0.1) is 17.3 Å². The van der Waals surface area contributed by atoms with Crippen LogP contribution in [0.2, 0.25) is 0 Å². The van der Waals surface area contributed by atoms with E-state index < -0.39 is 6.04 Å². The van der Waals surface area contributed by atoms with E-state index in [-0.39, 0.29) is 5.91 Å². The first-order valence-electron chi connectivity index (χ1n) is 5.66. The number of nitrogens with one attached hydrogen (secondary N) is 1. The number of nitriles is 1. The standard InChI is InChI=1S/C13H17N3O/c1-3-5-11(15)13(17)16-12-7-4-6-9(2)10(12)8-14/h4,6-7,11H,3,5,15H2,1-2H3,(H,16,17)/t11-/m1/s1. The minimum Gasteiger partial charge on any atom is -0.324 e. The molecule has 1 atom stereocenters. The molecule has 0 aliphatic rings. The van der Waals surface area contributed by atoms with Gasteiger partial charge in [-0.15, -0.1) is 0 Å². The van der Waals surface area contributed by atoms with Crippen LogP contribution in [0.15, 0.2) is 18.2 Å². The molecule has 1 aromatic rings. The summed E-state index contributed by atoms with van der Waals surface area (Å²) in [5.41, 5.74) is 7.57. The zero-order valence-electron chi connectivity index (χ0n) is 10.2. The van der Waals surface area contributed by atoms with Crippen LogP contribution in [-0.2, 0) is 4.79 Å². The van der Waals surface area contributed by atoms with E-state index in [1.165, 1.54) is 0 Å². The number of amides is 1. The first-order chi connectivity index (χ1) is 8.10. The summed E-state index contributed by atoms with van der Waals surface area (Å²) >= 11 is 0. The van der Waals surface area contributed by atoms with Crippen molar-refractivity contribution in [2.75, 3.05) is 5.32 Å². The summed E-state index contributed by atoms with van der Waals surface area (Å²) in [6, 6.07) is 6.91. The van der Waals surface area contributed by atoms with Gasteiger partial charge in [-0.2, -0.15) is 5.26 Å². The number of carbonyl (C=O) groups excluding carboxylic acids is 1. The number of hydrogen-bond acceptors (Lipinski definition) is 3. The Bertz CT molecular complexity index is 448. The summed E-state index contributed by atoms with van der Waals surface area (Å²) in [6.45, 7) is 3.81. The second-order valence-electron chi connectivity index (χ2n) is 3.99. The van der Waals surface area contributed by atoms with Gasteiger partial charge in [-0.3, -0.25) is 4.79 Å². The monoisotopic (exact) mass is 231 g/mol. The molecule has 1 rings (SSSR count). The third-order valence-corrected chi connectivity index (χ3v) is 2.58. The van der Waals surface area contributed by atoms with Gasteiger partial charge >= 0.3 is 0 Å². The molecule has 1 amide bonds. The number of carbonyl (C=O) groups is 1. The molecule has 90 valence electrons. The molecule has 0 saturated heterocycles. The summed E-state index contributed by atoms with van der Waals surface area (Å²) in [5.74, 6) is -0.242. The lowest BCUT2D eigenvalue weighted by molar-refractivity contribution is -0.117. The Morgan fingerprint density at radius 3 is 2.88 bits per heavy atom. The molecule has 0 radical (unpaired) electrons. The summed E-state index contributed by atoms with van der Waals surface area (Å²) in [4.78, 5) is 11.7. The van der Waals surface area contributed by atoms with Crippen LogP contribution >= 0.6 is 0 Å². The molecule has 0 bridgehead atoms. The Morgan fingerprint density at radius 1 is 1.59 bits per heavy atom. The van der Waals surface area contributed by atoms with Crippen LogP contribution in [-0.4, -0.2) is 11.9 Å². The minimum absolute atomic E-state index is 0.242. The Balaban J connectivity index is 2.86. The van der Waals surface area contributed by atoms with Crippen molar-refractivity contribution in [1.82, 2.24) is 0 Å². The van der Waals surface area contributed by atoms with Gasteiger partial charge in [-0.1, -0.05) is 25.5 Å². The largest absolute Gasteiger partial charge is 0.324 e. The van der Waals surface area contributed by atoms with Crippen LogP contribution in [0, 0.1) is 18.3 Å². The SMILES string of the molecule is CCC[C@@H](N)C(=O)Nc1cccc(C)c1C#N. The van der Waals surface area contributed by atoms with Crippen molar-refractivity contribution in [3.05, 3.63) is 29.3 Å². The van der Waals surface area contributed by atoms with Crippen molar-refractivity contribution >= 4 is 11.6 Å². The minimum atomic E-state index is -0.521. The molecule has 0 unspecified atom stereocenters. The van der Waals surface area contributed by atoms with Gasteiger partial charge in [0, 0.05) is 0 Å². The lowest BCUT2D eigenvalue weighted by atomic mass is 10.1. The lowest BCUT2D eigenvalue weighted by Gasteiger charge is -2.12. The van der Waals surface area contributed by atoms with Crippen LogP contribution in [0.25, 0.3) is 0 Å². The lowest BCUT2D eigenvalue weighted by Crippen LogP contribution is -2.35. The van der Waals surface area contributed by atoms with E-state index in [9.17, 15) is 4.79 Å². The topological polar surface area (TPSA) is 78.9 Å². The van der Waals surface area contributed by atoms with Crippen molar-refractivity contribution in [3.63, 3.8) is 0 Å². The zero-order chi connectivity index (χ0) is 12.8. The fraction of sp³-hybridized carbons (Fsp3) is 0.385. The van der Waals surface area contributed by atoms with Gasteiger partial charge in [-0.05, 0) is 25.0 Å². The highest BCUT2D eigenvalue weighted by Crippen LogP contribution is 2.18. The van der Waals surface area contributed by atoms with Crippen LogP contribution in [0.5, 0.6) is 0 Å². The highest BCUT2D eigenvalue weighted by atomic mass is 16.2. The molecule has 0 fully saturated rings. The first kappa shape index (κ1) is 13.2. The second-order valence-corrected chi connectivity index (χ2v) is 3.99. The average Bonchev–Trinajstić information content (AvgIpc) is 2.29. The predicted molar refractivity (Wildman–Crippen MR) is 67.4 cm³/mol. The fourth-order valence-electron chi connectivity index (χ4n) is 1.59. The Labute approximate surface area is 101 Å². The van der Waals surface area contributed by atoms with Gasteiger partial charge in [0.1, 0.15) is 6.07 Å². The molecule has 4 nitrogen and oxygen atoms in total. The van der Waals surface area contributed by atoms with E-state index >= 15 is 0 Å². The van der Waals surface area contributed by atoms with Crippen LogP contribution in [0.1, 0.15) is 30.9 Å². The van der Waals surface area contributed by atoms with E-state index in [0.29, 0.717) is 17.7 Å². The van der Waals surface area contributed by atoms with Crippen molar-refractivity contribution in [3.8, 4) is 6.07 Å². The van der Waals surface area contributed by atoms with E-state index in [2.05, 4.69) is 11.4 Å². The van der Waals surface area contributed by atoms with E-state index in [4.69, 9.17) is 11.0 Å². The van der Waals surface area contributed by atoms with Crippen LogP contribution in [0.4, 0.5) is 5.69 Å². The molecule has 4 heteroatoms. The molecule has 0 aromatic heterocycles. The third-order valence-electron chi connectivity index (χ3n) is 2.58. The fourth-order valence-corrected chi connectivity index (χ4v) is 1.59.